The lowest BCUT2D eigenvalue weighted by atomic mass is 10.0. The fourth-order valence-corrected chi connectivity index (χ4v) is 6.58. The van der Waals surface area contributed by atoms with E-state index in [0.29, 0.717) is 11.1 Å². The van der Waals surface area contributed by atoms with Crippen LogP contribution in [0.25, 0.3) is 0 Å². The summed E-state index contributed by atoms with van der Waals surface area (Å²) in [6.45, 7) is 10.6. The van der Waals surface area contributed by atoms with Crippen molar-refractivity contribution in [2.24, 2.45) is 0 Å². The Morgan fingerprint density at radius 1 is 0.514 bits per heavy atom. The molecular weight excluding hydrogens is 452 g/mol. The number of nitrogens with zero attached hydrogens (tertiary/aromatic N) is 3. The molecule has 2 aliphatic heterocycles. The average Bonchev–Trinajstić information content (AvgIpc) is 3.91. The Morgan fingerprint density at radius 3 is 1.41 bits per heavy atom. The van der Waals surface area contributed by atoms with Gasteiger partial charge in [0.25, 0.3) is 0 Å². The summed E-state index contributed by atoms with van der Waals surface area (Å²) in [6, 6.07) is 33.0. The number of benzene rings is 3. The molecule has 2 saturated carbocycles. The minimum Gasteiger partial charge on any atom is -0.314 e. The molecule has 0 radical (unpaired) electrons. The maximum atomic E-state index is 3.42. The van der Waals surface area contributed by atoms with Gasteiger partial charge in [-0.3, -0.25) is 14.7 Å². The zero-order valence-electron chi connectivity index (χ0n) is 22.2. The van der Waals surface area contributed by atoms with E-state index in [1.807, 2.05) is 0 Å². The summed E-state index contributed by atoms with van der Waals surface area (Å²) < 4.78 is 0. The first-order valence-electron chi connectivity index (χ1n) is 14.4. The Hall–Kier alpha value is -2.50. The normalized spacial score (nSPS) is 23.0. The lowest BCUT2D eigenvalue weighted by Crippen LogP contribution is -2.50. The van der Waals surface area contributed by atoms with Gasteiger partial charge in [-0.05, 0) is 42.4 Å². The fraction of sp³-hybridized carbons (Fsp3) is 0.455. The zero-order chi connectivity index (χ0) is 25.0. The molecule has 2 heterocycles. The topological polar surface area (TPSA) is 21.8 Å². The third-order valence-electron chi connectivity index (χ3n) is 9.02. The predicted octanol–water partition coefficient (Wildman–Crippen LogP) is 5.07. The molecule has 37 heavy (non-hydrogen) atoms. The lowest BCUT2D eigenvalue weighted by molar-refractivity contribution is 0.0797. The smallest absolute Gasteiger partial charge is 0.0463 e. The summed E-state index contributed by atoms with van der Waals surface area (Å²) in [5, 5.41) is 3.42. The quantitative estimate of drug-likeness (QED) is 0.516. The van der Waals surface area contributed by atoms with E-state index in [-0.39, 0.29) is 0 Å². The molecule has 0 atom stereocenters. The highest BCUT2D eigenvalue weighted by Crippen LogP contribution is 2.51. The van der Waals surface area contributed by atoms with Crippen molar-refractivity contribution in [3.05, 3.63) is 108 Å². The van der Waals surface area contributed by atoms with E-state index in [1.165, 1.54) is 81.6 Å². The Bertz CT molecular complexity index is 1090. The summed E-state index contributed by atoms with van der Waals surface area (Å²) in [7, 11) is 0. The highest BCUT2D eigenvalue weighted by Gasteiger charge is 2.50. The molecule has 1 N–H and O–H groups in total. The van der Waals surface area contributed by atoms with Crippen molar-refractivity contribution < 1.29 is 0 Å². The first kappa shape index (κ1) is 24.8. The fourth-order valence-electron chi connectivity index (χ4n) is 6.58. The van der Waals surface area contributed by atoms with Crippen LogP contribution in [0.2, 0.25) is 0 Å². The second-order valence-corrected chi connectivity index (χ2v) is 11.3. The molecule has 4 aliphatic rings. The maximum Gasteiger partial charge on any atom is 0.0463 e. The van der Waals surface area contributed by atoms with Gasteiger partial charge in [-0.25, -0.2) is 0 Å². The third kappa shape index (κ3) is 5.53. The van der Waals surface area contributed by atoms with Gasteiger partial charge in [0.05, 0.1) is 0 Å². The number of hydrogen-bond donors (Lipinski definition) is 1. The van der Waals surface area contributed by atoms with Crippen molar-refractivity contribution in [2.45, 2.75) is 43.3 Å². The summed E-state index contributed by atoms with van der Waals surface area (Å²) in [5.41, 5.74) is 5.24. The molecule has 3 aromatic carbocycles. The summed E-state index contributed by atoms with van der Waals surface area (Å²) in [4.78, 5) is 7.98. The largest absolute Gasteiger partial charge is 0.314 e. The molecule has 4 heteroatoms. The van der Waals surface area contributed by atoms with Gasteiger partial charge in [0.15, 0.2) is 0 Å². The standard InChI is InChI=1S/C20H24N2.C13H18N2/c1-3-7-18(8-4-1)17-21-13-15-22(16-14-21)20(11-12-20)19-9-5-2-6-10-19;1-2-4-12(5-3-1)13(6-7-13)15-10-8-14-9-11-15/h1-10H,11-17H2;1-5,14H,6-11H2. The van der Waals surface area contributed by atoms with Crippen LogP contribution < -0.4 is 5.32 Å². The van der Waals surface area contributed by atoms with E-state index in [4.69, 9.17) is 0 Å². The number of piperazine rings is 2. The Labute approximate surface area is 223 Å². The minimum atomic E-state index is 0.361. The number of rotatable bonds is 6. The van der Waals surface area contributed by atoms with Crippen LogP contribution in [0, 0.1) is 0 Å². The van der Waals surface area contributed by atoms with Crippen molar-refractivity contribution in [2.75, 3.05) is 52.4 Å². The third-order valence-corrected chi connectivity index (χ3v) is 9.02. The highest BCUT2D eigenvalue weighted by atomic mass is 15.3. The number of hydrogen-bond acceptors (Lipinski definition) is 4. The molecule has 194 valence electrons. The lowest BCUT2D eigenvalue weighted by Gasteiger charge is -2.40. The van der Waals surface area contributed by atoms with Crippen LogP contribution in [-0.2, 0) is 17.6 Å². The number of nitrogens with one attached hydrogen (secondary N) is 1. The molecule has 0 unspecified atom stereocenters. The Balaban J connectivity index is 0.000000146. The second-order valence-electron chi connectivity index (χ2n) is 11.3. The second kappa shape index (κ2) is 11.1. The van der Waals surface area contributed by atoms with Crippen molar-refractivity contribution in [1.29, 1.82) is 0 Å². The first-order chi connectivity index (χ1) is 18.3. The van der Waals surface area contributed by atoms with Crippen molar-refractivity contribution in [1.82, 2.24) is 20.0 Å². The molecular formula is C33H42N4. The Morgan fingerprint density at radius 2 is 0.946 bits per heavy atom. The molecule has 0 spiro atoms. The van der Waals surface area contributed by atoms with Crippen LogP contribution in [0.3, 0.4) is 0 Å². The van der Waals surface area contributed by atoms with Gasteiger partial charge >= 0.3 is 0 Å². The molecule has 2 saturated heterocycles. The van der Waals surface area contributed by atoms with Crippen molar-refractivity contribution in [3.8, 4) is 0 Å². The monoisotopic (exact) mass is 494 g/mol. The van der Waals surface area contributed by atoms with Crippen LogP contribution in [0.1, 0.15) is 42.4 Å². The first-order valence-corrected chi connectivity index (χ1v) is 14.4. The Kier molecular flexibility index (Phi) is 7.43. The van der Waals surface area contributed by atoms with Crippen molar-refractivity contribution >= 4 is 0 Å². The van der Waals surface area contributed by atoms with Crippen LogP contribution in [-0.4, -0.2) is 67.1 Å². The van der Waals surface area contributed by atoms with Gasteiger partial charge in [0.2, 0.25) is 0 Å². The van der Waals surface area contributed by atoms with Crippen LogP contribution >= 0.6 is 0 Å². The van der Waals surface area contributed by atoms with E-state index in [0.717, 1.165) is 19.6 Å². The summed E-state index contributed by atoms with van der Waals surface area (Å²) >= 11 is 0. The summed E-state index contributed by atoms with van der Waals surface area (Å²) in [5.74, 6) is 0. The zero-order valence-corrected chi connectivity index (χ0v) is 22.2. The van der Waals surface area contributed by atoms with Gasteiger partial charge in [0.1, 0.15) is 0 Å². The average molecular weight is 495 g/mol. The SMILES string of the molecule is c1ccc(C2(N3CCNCC3)CC2)cc1.c1ccc(CN2CCN(C3(c4ccccc4)CC3)CC2)cc1. The van der Waals surface area contributed by atoms with Gasteiger partial charge in [-0.1, -0.05) is 91.0 Å². The van der Waals surface area contributed by atoms with Crippen LogP contribution in [0.5, 0.6) is 0 Å². The molecule has 4 nitrogen and oxygen atoms in total. The van der Waals surface area contributed by atoms with Gasteiger partial charge in [-0.2, -0.15) is 0 Å². The molecule has 0 aromatic heterocycles. The minimum absolute atomic E-state index is 0.361. The van der Waals surface area contributed by atoms with Gasteiger partial charge in [-0.15, -0.1) is 0 Å². The van der Waals surface area contributed by atoms with Crippen molar-refractivity contribution in [3.63, 3.8) is 0 Å². The molecule has 4 fully saturated rings. The molecule has 2 aliphatic carbocycles. The highest BCUT2D eigenvalue weighted by molar-refractivity contribution is 5.31. The molecule has 0 amide bonds. The summed E-state index contributed by atoms with van der Waals surface area (Å²) in [6.07, 6.45) is 5.35. The van der Waals surface area contributed by atoms with Crippen LogP contribution in [0.15, 0.2) is 91.0 Å². The van der Waals surface area contributed by atoms with Gasteiger partial charge in [0, 0.05) is 70.0 Å². The van der Waals surface area contributed by atoms with E-state index in [2.05, 4.69) is 111 Å². The van der Waals surface area contributed by atoms with Gasteiger partial charge < -0.3 is 5.32 Å². The molecule has 7 rings (SSSR count). The maximum absolute atomic E-state index is 3.42. The van der Waals surface area contributed by atoms with E-state index in [1.54, 1.807) is 0 Å². The van der Waals surface area contributed by atoms with Crippen LogP contribution in [0.4, 0.5) is 0 Å². The van der Waals surface area contributed by atoms with E-state index >= 15 is 0 Å². The van der Waals surface area contributed by atoms with E-state index in [9.17, 15) is 0 Å². The molecule has 0 bridgehead atoms. The molecule has 3 aromatic rings. The predicted molar refractivity (Wildman–Crippen MR) is 152 cm³/mol. The van der Waals surface area contributed by atoms with E-state index < -0.39 is 0 Å².